The lowest BCUT2D eigenvalue weighted by Gasteiger charge is -2.14. The first kappa shape index (κ1) is 19.1. The van der Waals surface area contributed by atoms with Crippen LogP contribution in [0.5, 0.6) is 11.5 Å². The fourth-order valence-electron chi connectivity index (χ4n) is 1.91. The Morgan fingerprint density at radius 3 is 2.24 bits per heavy atom. The summed E-state index contributed by atoms with van der Waals surface area (Å²) in [6.45, 7) is 1.44. The SMILES string of the molecule is CCS(=O)(=O)c1ccc(NS(C)(=O)=O)c(Oc2ccc(F)cc2F)c1. The van der Waals surface area contributed by atoms with Crippen LogP contribution in [-0.4, -0.2) is 28.8 Å². The summed E-state index contributed by atoms with van der Waals surface area (Å²) in [6, 6.07) is 6.03. The summed E-state index contributed by atoms with van der Waals surface area (Å²) in [4.78, 5) is -0.119. The molecule has 25 heavy (non-hydrogen) atoms. The van der Waals surface area contributed by atoms with E-state index in [1.54, 1.807) is 0 Å². The van der Waals surface area contributed by atoms with Gasteiger partial charge in [0.1, 0.15) is 5.82 Å². The van der Waals surface area contributed by atoms with Crippen molar-refractivity contribution in [3.05, 3.63) is 48.0 Å². The second-order valence-electron chi connectivity index (χ2n) is 5.11. The fraction of sp³-hybridized carbons (Fsp3) is 0.200. The van der Waals surface area contributed by atoms with Gasteiger partial charge in [-0.3, -0.25) is 4.72 Å². The van der Waals surface area contributed by atoms with Crippen LogP contribution < -0.4 is 9.46 Å². The van der Waals surface area contributed by atoms with Gasteiger partial charge in [0.15, 0.2) is 27.2 Å². The van der Waals surface area contributed by atoms with E-state index in [0.29, 0.717) is 6.07 Å². The van der Waals surface area contributed by atoms with Gasteiger partial charge >= 0.3 is 0 Å². The molecule has 0 fully saturated rings. The molecule has 0 radical (unpaired) electrons. The Hall–Kier alpha value is -2.20. The van der Waals surface area contributed by atoms with Gasteiger partial charge in [-0.2, -0.15) is 0 Å². The number of sulfonamides is 1. The number of benzene rings is 2. The zero-order chi connectivity index (χ0) is 18.8. The van der Waals surface area contributed by atoms with E-state index in [4.69, 9.17) is 4.74 Å². The summed E-state index contributed by atoms with van der Waals surface area (Å²) >= 11 is 0. The summed E-state index contributed by atoms with van der Waals surface area (Å²) < 4.78 is 81.1. The third-order valence-electron chi connectivity index (χ3n) is 3.10. The monoisotopic (exact) mass is 391 g/mol. The van der Waals surface area contributed by atoms with E-state index in [1.165, 1.54) is 19.1 Å². The predicted octanol–water partition coefficient (Wildman–Crippen LogP) is 2.92. The largest absolute Gasteiger partial charge is 0.452 e. The minimum Gasteiger partial charge on any atom is -0.452 e. The van der Waals surface area contributed by atoms with E-state index >= 15 is 0 Å². The Labute approximate surface area is 144 Å². The van der Waals surface area contributed by atoms with Crippen LogP contribution in [0.25, 0.3) is 0 Å². The number of anilines is 1. The van der Waals surface area contributed by atoms with Crippen molar-refractivity contribution < 1.29 is 30.4 Å². The van der Waals surface area contributed by atoms with Crippen LogP contribution in [0.4, 0.5) is 14.5 Å². The summed E-state index contributed by atoms with van der Waals surface area (Å²) in [5.74, 6) is -2.64. The molecule has 2 rings (SSSR count). The first-order valence-electron chi connectivity index (χ1n) is 6.99. The molecule has 0 aliphatic rings. The molecule has 0 heterocycles. The molecule has 0 unspecified atom stereocenters. The topological polar surface area (TPSA) is 89.5 Å². The van der Waals surface area contributed by atoms with E-state index in [9.17, 15) is 25.6 Å². The molecule has 136 valence electrons. The zero-order valence-electron chi connectivity index (χ0n) is 13.3. The van der Waals surface area contributed by atoms with E-state index < -0.39 is 31.5 Å². The molecule has 0 amide bonds. The van der Waals surface area contributed by atoms with Gasteiger partial charge < -0.3 is 4.74 Å². The number of nitrogens with one attached hydrogen (secondary N) is 1. The number of rotatable bonds is 6. The summed E-state index contributed by atoms with van der Waals surface area (Å²) in [6.07, 6.45) is 0.895. The number of hydrogen-bond acceptors (Lipinski definition) is 5. The van der Waals surface area contributed by atoms with Crippen molar-refractivity contribution in [2.75, 3.05) is 16.7 Å². The lowest BCUT2D eigenvalue weighted by molar-refractivity contribution is 0.438. The Kier molecular flexibility index (Phi) is 5.33. The average molecular weight is 391 g/mol. The first-order chi connectivity index (χ1) is 11.5. The van der Waals surface area contributed by atoms with Gasteiger partial charge in [-0.25, -0.2) is 25.6 Å². The molecule has 0 aromatic heterocycles. The maximum absolute atomic E-state index is 13.8. The lowest BCUT2D eigenvalue weighted by Crippen LogP contribution is -2.11. The first-order valence-corrected chi connectivity index (χ1v) is 10.5. The number of sulfone groups is 1. The maximum atomic E-state index is 13.8. The maximum Gasteiger partial charge on any atom is 0.229 e. The minimum atomic E-state index is -3.70. The Morgan fingerprint density at radius 1 is 1.00 bits per heavy atom. The predicted molar refractivity (Wildman–Crippen MR) is 89.1 cm³/mol. The van der Waals surface area contributed by atoms with Gasteiger partial charge in [0.2, 0.25) is 10.0 Å². The van der Waals surface area contributed by atoms with Crippen LogP contribution in [0, 0.1) is 11.6 Å². The summed E-state index contributed by atoms with van der Waals surface area (Å²) in [7, 11) is -7.30. The molecule has 10 heteroatoms. The molecule has 2 aromatic carbocycles. The van der Waals surface area contributed by atoms with Crippen LogP contribution in [0.3, 0.4) is 0 Å². The molecule has 0 saturated heterocycles. The average Bonchev–Trinajstić information content (AvgIpc) is 2.50. The molecule has 0 aliphatic carbocycles. The normalized spacial score (nSPS) is 12.0. The van der Waals surface area contributed by atoms with Crippen LogP contribution >= 0.6 is 0 Å². The van der Waals surface area contributed by atoms with Crippen molar-refractivity contribution in [3.8, 4) is 11.5 Å². The molecular weight excluding hydrogens is 376 g/mol. The van der Waals surface area contributed by atoms with Gasteiger partial charge in [-0.15, -0.1) is 0 Å². The molecule has 0 atom stereocenters. The molecule has 0 bridgehead atoms. The molecule has 1 N–H and O–H groups in total. The van der Waals surface area contributed by atoms with Crippen molar-refractivity contribution in [1.82, 2.24) is 0 Å². The van der Waals surface area contributed by atoms with Crippen molar-refractivity contribution in [1.29, 1.82) is 0 Å². The smallest absolute Gasteiger partial charge is 0.229 e. The minimum absolute atomic E-state index is 0.0821. The highest BCUT2D eigenvalue weighted by Crippen LogP contribution is 2.34. The summed E-state index contributed by atoms with van der Waals surface area (Å²) in [5, 5.41) is 0. The highest BCUT2D eigenvalue weighted by molar-refractivity contribution is 7.92. The summed E-state index contributed by atoms with van der Waals surface area (Å²) in [5.41, 5.74) is -0.0821. The fourth-order valence-corrected chi connectivity index (χ4v) is 3.37. The van der Waals surface area contributed by atoms with Gasteiger partial charge in [0.05, 0.1) is 22.6 Å². The highest BCUT2D eigenvalue weighted by Gasteiger charge is 2.18. The van der Waals surface area contributed by atoms with E-state index in [0.717, 1.165) is 24.5 Å². The zero-order valence-corrected chi connectivity index (χ0v) is 14.9. The molecule has 0 spiro atoms. The Balaban J connectivity index is 2.55. The molecular formula is C15H15F2NO5S2. The van der Waals surface area contributed by atoms with Gasteiger partial charge in [0.25, 0.3) is 0 Å². The second-order valence-corrected chi connectivity index (χ2v) is 9.14. The van der Waals surface area contributed by atoms with E-state index in [-0.39, 0.29) is 27.8 Å². The van der Waals surface area contributed by atoms with Crippen molar-refractivity contribution >= 4 is 25.5 Å². The van der Waals surface area contributed by atoms with E-state index in [1.807, 2.05) is 0 Å². The van der Waals surface area contributed by atoms with Crippen molar-refractivity contribution in [3.63, 3.8) is 0 Å². The second kappa shape index (κ2) is 6.96. The van der Waals surface area contributed by atoms with Gasteiger partial charge in [0, 0.05) is 12.1 Å². The lowest BCUT2D eigenvalue weighted by atomic mass is 10.3. The Morgan fingerprint density at radius 2 is 1.68 bits per heavy atom. The Bertz CT molecular complexity index is 1000. The molecule has 0 saturated carbocycles. The van der Waals surface area contributed by atoms with Crippen LogP contribution in [-0.2, 0) is 19.9 Å². The highest BCUT2D eigenvalue weighted by atomic mass is 32.2. The third-order valence-corrected chi connectivity index (χ3v) is 5.42. The number of hydrogen-bond donors (Lipinski definition) is 1. The quantitative estimate of drug-likeness (QED) is 0.818. The van der Waals surface area contributed by atoms with Crippen molar-refractivity contribution in [2.45, 2.75) is 11.8 Å². The molecule has 6 nitrogen and oxygen atoms in total. The number of halogens is 2. The van der Waals surface area contributed by atoms with Crippen LogP contribution in [0.15, 0.2) is 41.3 Å². The van der Waals surface area contributed by atoms with Crippen molar-refractivity contribution in [2.24, 2.45) is 0 Å². The third kappa shape index (κ3) is 4.89. The van der Waals surface area contributed by atoms with Gasteiger partial charge in [-0.1, -0.05) is 6.92 Å². The molecule has 2 aromatic rings. The van der Waals surface area contributed by atoms with Crippen LogP contribution in [0.1, 0.15) is 6.92 Å². The standard InChI is InChI=1S/C15H15F2NO5S2/c1-3-25(21,22)11-5-6-13(18-24(2,19)20)15(9-11)23-14-7-4-10(16)8-12(14)17/h4-9,18H,3H2,1-2H3. The van der Waals surface area contributed by atoms with Crippen LogP contribution in [0.2, 0.25) is 0 Å². The van der Waals surface area contributed by atoms with E-state index in [2.05, 4.69) is 4.72 Å². The molecule has 0 aliphatic heterocycles. The number of ether oxygens (including phenoxy) is 1. The van der Waals surface area contributed by atoms with Gasteiger partial charge in [-0.05, 0) is 24.3 Å².